The van der Waals surface area contributed by atoms with E-state index in [-0.39, 0.29) is 4.90 Å². The molecule has 1 aromatic rings. The van der Waals surface area contributed by atoms with Crippen molar-refractivity contribution in [2.45, 2.75) is 19.6 Å². The predicted octanol–water partition coefficient (Wildman–Crippen LogP) is 3.08. The second-order valence-corrected chi connectivity index (χ2v) is 3.10. The highest BCUT2D eigenvalue weighted by molar-refractivity contribution is 9.10. The van der Waals surface area contributed by atoms with Crippen LogP contribution in [0.25, 0.3) is 0 Å². The molecule has 76 valence electrons. The zero-order valence-electron chi connectivity index (χ0n) is 21.8. The van der Waals surface area contributed by atoms with Gasteiger partial charge in [0.25, 0.3) is 0 Å². The lowest BCUT2D eigenvalue weighted by molar-refractivity contribution is 0.438. The highest BCUT2D eigenvalue weighted by Gasteiger charge is 2.15. The van der Waals surface area contributed by atoms with E-state index in [2.05, 4.69) is 20.9 Å². The Morgan fingerprint density at radius 1 is 1.71 bits per heavy atom. The van der Waals surface area contributed by atoms with Crippen molar-refractivity contribution >= 4 is 21.6 Å². The van der Waals surface area contributed by atoms with Crippen LogP contribution in [0, 0.1) is 5.89 Å². The number of hydrogen-bond donors (Lipinski definition) is 0. The maximum atomic E-state index is 8.19. The van der Waals surface area contributed by atoms with Crippen LogP contribution in [0.5, 0.6) is 0 Å². The van der Waals surface area contributed by atoms with E-state index < -0.39 is 67.0 Å². The lowest BCUT2D eigenvalue weighted by Crippen LogP contribution is -2.32. The number of halogens is 1. The number of rotatable bonds is 1. The molecule has 0 unspecified atom stereocenters. The van der Waals surface area contributed by atoms with Gasteiger partial charge in [0.05, 0.1) is 16.0 Å². The fraction of sp³-hybridized carbons (Fsp3) is 0.545. The van der Waals surface area contributed by atoms with Gasteiger partial charge >= 0.3 is 0 Å². The molecule has 0 aromatic carbocycles. The minimum atomic E-state index is -3.90. The molecule has 1 aromatic heterocycles. The van der Waals surface area contributed by atoms with Crippen molar-refractivity contribution in [3.63, 3.8) is 0 Å². The van der Waals surface area contributed by atoms with Gasteiger partial charge in [-0.25, -0.2) is 0 Å². The van der Waals surface area contributed by atoms with Crippen molar-refractivity contribution in [3.05, 3.63) is 22.9 Å². The average molecular weight is 270 g/mol. The van der Waals surface area contributed by atoms with Crippen molar-refractivity contribution in [1.82, 2.24) is 4.98 Å². The maximum Gasteiger partial charge on any atom is 0.0862 e. The molecule has 0 amide bonds. The third-order valence-electron chi connectivity index (χ3n) is 1.35. The van der Waals surface area contributed by atoms with Crippen LogP contribution in [0.1, 0.15) is 40.2 Å². The van der Waals surface area contributed by atoms with Crippen molar-refractivity contribution in [2.24, 2.45) is 5.89 Å². The van der Waals surface area contributed by atoms with Gasteiger partial charge in [0.15, 0.2) is 0 Å². The zero-order valence-corrected chi connectivity index (χ0v) is 8.36. The van der Waals surface area contributed by atoms with E-state index in [4.69, 9.17) is 20.6 Å². The van der Waals surface area contributed by atoms with E-state index in [1.165, 1.54) is 0 Å². The molecule has 0 radical (unpaired) electrons. The molecule has 1 fully saturated rings. The Balaban J connectivity index is 3.02. The summed E-state index contributed by atoms with van der Waals surface area (Å²) in [5.41, 5.74) is -0.997. The second kappa shape index (κ2) is 4.30. The van der Waals surface area contributed by atoms with Crippen LogP contribution in [0.15, 0.2) is 22.9 Å². The van der Waals surface area contributed by atoms with Gasteiger partial charge in [-0.1, -0.05) is 6.85 Å². The fourth-order valence-electron chi connectivity index (χ4n) is 0.790. The summed E-state index contributed by atoms with van der Waals surface area (Å²) in [5.74, 6) is -3.90. The van der Waals surface area contributed by atoms with E-state index in [0.717, 1.165) is 0 Å². The van der Waals surface area contributed by atoms with E-state index in [9.17, 15) is 0 Å². The largest absolute Gasteiger partial charge is 0.370 e. The van der Waals surface area contributed by atoms with Crippen LogP contribution in [0.4, 0.5) is 5.69 Å². The molecule has 0 bridgehead atoms. The van der Waals surface area contributed by atoms with Crippen LogP contribution in [0.3, 0.4) is 0 Å². The minimum Gasteiger partial charge on any atom is -0.370 e. The molecular formula is C11H15BrN2. The van der Waals surface area contributed by atoms with Gasteiger partial charge in [-0.15, -0.1) is 0 Å². The minimum absolute atomic E-state index is 0.194. The van der Waals surface area contributed by atoms with Crippen LogP contribution in [0.2, 0.25) is 0 Å². The Kier molecular flexibility index (Phi) is 0.736. The number of nitrogens with zero attached hydrogens (tertiary/aromatic N) is 2. The smallest absolute Gasteiger partial charge is 0.0862 e. The van der Waals surface area contributed by atoms with Gasteiger partial charge < -0.3 is 4.90 Å². The van der Waals surface area contributed by atoms with Gasteiger partial charge in [-0.3, -0.25) is 4.98 Å². The molecule has 1 aliphatic rings. The van der Waals surface area contributed by atoms with Crippen molar-refractivity contribution < 1.29 is 20.6 Å². The summed E-state index contributed by atoms with van der Waals surface area (Å²) in [6, 6.07) is -0.847. The second-order valence-electron chi connectivity index (χ2n) is 2.31. The standard InChI is InChI=1S/C11H15BrN2/c1-9-2-4-14(5-3-9)11-6-10(12)7-13-8-11/h6-9H,2-5H2,1H3/i1D3,2D2,3D2,4D2,5D2,6D,7D,8D,9D. The Morgan fingerprint density at radius 2 is 2.50 bits per heavy atom. The molecule has 14 heavy (non-hydrogen) atoms. The fourth-order valence-corrected chi connectivity index (χ4v) is 1.07. The Hall–Kier alpha value is -0.570. The first-order chi connectivity index (χ1) is 12.6. The summed E-state index contributed by atoms with van der Waals surface area (Å²) in [6.07, 6.45) is -9.35. The van der Waals surface area contributed by atoms with E-state index in [1.807, 2.05) is 0 Å². The summed E-state index contributed by atoms with van der Waals surface area (Å²) in [6.45, 7) is -11.2. The SMILES string of the molecule is [2H]c1nc([2H])c(N2C([2H])([2H])C([2H])([2H])C([2H])(C([2H])([2H])[2H])C([2H])([2H])C2([2H])[2H])c([2H])c1Br. The van der Waals surface area contributed by atoms with E-state index >= 15 is 0 Å². The van der Waals surface area contributed by atoms with Gasteiger partial charge in [0.2, 0.25) is 0 Å². The molecule has 2 rings (SSSR count). The molecule has 0 N–H and O–H groups in total. The quantitative estimate of drug-likeness (QED) is 0.779. The third-order valence-corrected chi connectivity index (χ3v) is 1.73. The number of pyridine rings is 1. The molecule has 0 spiro atoms. The van der Waals surface area contributed by atoms with Crippen LogP contribution in [-0.4, -0.2) is 18.0 Å². The molecule has 0 atom stereocenters. The summed E-state index contributed by atoms with van der Waals surface area (Å²) in [5, 5.41) is 0. The molecule has 3 heteroatoms. The topological polar surface area (TPSA) is 16.1 Å². The molecule has 2 nitrogen and oxygen atoms in total. The van der Waals surface area contributed by atoms with Gasteiger partial charge in [0, 0.05) is 40.1 Å². The molecule has 0 saturated carbocycles. The monoisotopic (exact) mass is 269 g/mol. The molecule has 2 heterocycles. The number of piperidine rings is 1. The summed E-state index contributed by atoms with van der Waals surface area (Å²) in [4.78, 5) is 3.22. The number of anilines is 1. The van der Waals surface area contributed by atoms with Crippen LogP contribution >= 0.6 is 15.9 Å². The summed E-state index contributed by atoms with van der Waals surface area (Å²) in [7, 11) is 0. The first-order valence-corrected chi connectivity index (χ1v) is 4.35. The molecule has 1 saturated heterocycles. The maximum absolute atomic E-state index is 8.19. The lowest BCUT2D eigenvalue weighted by atomic mass is 9.99. The van der Waals surface area contributed by atoms with Gasteiger partial charge in [-0.2, -0.15) is 0 Å². The zero-order chi connectivity index (χ0) is 23.2. The van der Waals surface area contributed by atoms with Crippen molar-refractivity contribution in [1.29, 1.82) is 0 Å². The third kappa shape index (κ3) is 2.27. The molecular weight excluding hydrogens is 240 g/mol. The normalized spacial score (nSPS) is 51.8. The predicted molar refractivity (Wildman–Crippen MR) is 62.5 cm³/mol. The summed E-state index contributed by atoms with van der Waals surface area (Å²) >= 11 is 2.81. The number of hydrogen-bond acceptors (Lipinski definition) is 2. The van der Waals surface area contributed by atoms with Crippen LogP contribution < -0.4 is 4.90 Å². The van der Waals surface area contributed by atoms with Gasteiger partial charge in [0.1, 0.15) is 0 Å². The highest BCUT2D eigenvalue weighted by Crippen LogP contribution is 2.24. The Labute approximate surface area is 115 Å². The van der Waals surface area contributed by atoms with Crippen LogP contribution in [-0.2, 0) is 0 Å². The number of aromatic nitrogens is 1. The Morgan fingerprint density at radius 3 is 3.21 bits per heavy atom. The van der Waals surface area contributed by atoms with Crippen molar-refractivity contribution in [3.8, 4) is 0 Å². The van der Waals surface area contributed by atoms with E-state index in [1.54, 1.807) is 0 Å². The first-order valence-electron chi connectivity index (χ1n) is 11.1. The van der Waals surface area contributed by atoms with Gasteiger partial charge in [-0.05, 0) is 40.6 Å². The molecule has 1 aliphatic heterocycles. The van der Waals surface area contributed by atoms with Crippen molar-refractivity contribution in [2.75, 3.05) is 17.9 Å². The lowest BCUT2D eigenvalue weighted by Gasteiger charge is -2.31. The summed E-state index contributed by atoms with van der Waals surface area (Å²) < 4.78 is 119. The van der Waals surface area contributed by atoms with E-state index in [0.29, 0.717) is 0 Å². The molecule has 0 aliphatic carbocycles. The first kappa shape index (κ1) is 2.40. The average Bonchev–Trinajstić information content (AvgIpc) is 2.52. The highest BCUT2D eigenvalue weighted by atomic mass is 79.9. The Bertz CT molecular complexity index is 820.